The van der Waals surface area contributed by atoms with E-state index < -0.39 is 0 Å². The van der Waals surface area contributed by atoms with Crippen LogP contribution in [0.1, 0.15) is 22.5 Å². The summed E-state index contributed by atoms with van der Waals surface area (Å²) in [7, 11) is 1.66. The maximum atomic E-state index is 12.4. The number of aromatic nitrogens is 3. The summed E-state index contributed by atoms with van der Waals surface area (Å²) in [5, 5.41) is 12.5. The minimum Gasteiger partial charge on any atom is -0.497 e. The Kier molecular flexibility index (Phi) is 7.78. The predicted molar refractivity (Wildman–Crippen MR) is 136 cm³/mol. The number of nitrogens with one attached hydrogen (secondary N) is 1. The van der Waals surface area contributed by atoms with Gasteiger partial charge in [0.2, 0.25) is 5.91 Å². The van der Waals surface area contributed by atoms with Crippen LogP contribution < -0.4 is 10.1 Å². The molecule has 34 heavy (non-hydrogen) atoms. The third kappa shape index (κ3) is 6.14. The van der Waals surface area contributed by atoms with Crippen LogP contribution in [0.4, 0.5) is 0 Å². The van der Waals surface area contributed by atoms with E-state index in [4.69, 9.17) is 4.74 Å². The molecule has 0 aliphatic rings. The van der Waals surface area contributed by atoms with Crippen molar-refractivity contribution in [3.05, 3.63) is 107 Å². The van der Waals surface area contributed by atoms with Crippen molar-refractivity contribution in [2.24, 2.45) is 0 Å². The normalized spacial score (nSPS) is 11.0. The van der Waals surface area contributed by atoms with Crippen LogP contribution >= 0.6 is 11.8 Å². The first kappa shape index (κ1) is 23.3. The van der Waals surface area contributed by atoms with Crippen molar-refractivity contribution in [1.82, 2.24) is 20.1 Å². The Labute approximate surface area is 203 Å². The van der Waals surface area contributed by atoms with E-state index in [0.717, 1.165) is 27.7 Å². The molecular formula is C27H26N4O2S. The number of rotatable bonds is 9. The standard InChI is InChI=1S/C27H26N4O2S/c1-20-11-14-23(15-12-20)31-25(18-28-26(32)16-13-21-7-4-3-5-8-21)29-30-27(31)34-19-22-9-6-10-24(17-22)33-2/h3-17H,18-19H2,1-2H3,(H,28,32). The van der Waals surface area contributed by atoms with Crippen LogP contribution in [0.25, 0.3) is 11.8 Å². The second-order valence-corrected chi connectivity index (χ2v) is 8.61. The van der Waals surface area contributed by atoms with Gasteiger partial charge in [-0.25, -0.2) is 0 Å². The summed E-state index contributed by atoms with van der Waals surface area (Å²) in [5.74, 6) is 2.02. The number of methoxy groups -OCH3 is 1. The molecule has 1 N–H and O–H groups in total. The van der Waals surface area contributed by atoms with Crippen LogP contribution in [-0.4, -0.2) is 27.8 Å². The SMILES string of the molecule is COc1cccc(CSc2nnc(CNC(=O)C=Cc3ccccc3)n2-c2ccc(C)cc2)c1. The molecule has 0 spiro atoms. The summed E-state index contributed by atoms with van der Waals surface area (Å²) in [6.45, 7) is 2.31. The molecular weight excluding hydrogens is 444 g/mol. The molecule has 0 aliphatic carbocycles. The van der Waals surface area contributed by atoms with Crippen LogP contribution in [0.5, 0.6) is 5.75 Å². The molecule has 6 nitrogen and oxygen atoms in total. The first-order chi connectivity index (χ1) is 16.6. The van der Waals surface area contributed by atoms with Crippen LogP contribution in [0.2, 0.25) is 0 Å². The van der Waals surface area contributed by atoms with E-state index in [2.05, 4.69) is 40.6 Å². The van der Waals surface area contributed by atoms with Gasteiger partial charge in [-0.2, -0.15) is 0 Å². The highest BCUT2D eigenvalue weighted by molar-refractivity contribution is 7.98. The maximum absolute atomic E-state index is 12.4. The smallest absolute Gasteiger partial charge is 0.244 e. The Bertz CT molecular complexity index is 1270. The number of hydrogen-bond donors (Lipinski definition) is 1. The third-order valence-corrected chi connectivity index (χ3v) is 6.14. The number of carbonyl (C=O) groups excluding carboxylic acids is 1. The Morgan fingerprint density at radius 3 is 2.59 bits per heavy atom. The number of hydrogen-bond acceptors (Lipinski definition) is 5. The highest BCUT2D eigenvalue weighted by Crippen LogP contribution is 2.26. The van der Waals surface area contributed by atoms with Gasteiger partial charge in [-0.3, -0.25) is 9.36 Å². The van der Waals surface area contributed by atoms with Crippen molar-refractivity contribution >= 4 is 23.7 Å². The summed E-state index contributed by atoms with van der Waals surface area (Å²) in [6, 6.07) is 25.9. The number of aryl methyl sites for hydroxylation is 1. The number of thioether (sulfide) groups is 1. The number of amides is 1. The van der Waals surface area contributed by atoms with Crippen LogP contribution in [0.15, 0.2) is 90.1 Å². The fraction of sp³-hybridized carbons (Fsp3) is 0.148. The lowest BCUT2D eigenvalue weighted by atomic mass is 10.2. The van der Waals surface area contributed by atoms with Crippen molar-refractivity contribution in [2.45, 2.75) is 24.4 Å². The van der Waals surface area contributed by atoms with Crippen LogP contribution in [-0.2, 0) is 17.1 Å². The van der Waals surface area contributed by atoms with Crippen molar-refractivity contribution in [2.75, 3.05) is 7.11 Å². The molecule has 0 unspecified atom stereocenters. The number of carbonyl (C=O) groups is 1. The first-order valence-corrected chi connectivity index (χ1v) is 11.9. The van der Waals surface area contributed by atoms with Gasteiger partial charge in [0.05, 0.1) is 13.7 Å². The highest BCUT2D eigenvalue weighted by Gasteiger charge is 2.15. The largest absolute Gasteiger partial charge is 0.497 e. The Morgan fingerprint density at radius 1 is 1.03 bits per heavy atom. The fourth-order valence-electron chi connectivity index (χ4n) is 3.33. The van der Waals surface area contributed by atoms with Gasteiger partial charge in [-0.1, -0.05) is 71.9 Å². The van der Waals surface area contributed by atoms with E-state index in [9.17, 15) is 4.79 Å². The molecule has 172 valence electrons. The summed E-state index contributed by atoms with van der Waals surface area (Å²) in [6.07, 6.45) is 3.32. The molecule has 1 heterocycles. The van der Waals surface area contributed by atoms with E-state index >= 15 is 0 Å². The number of ether oxygens (including phenoxy) is 1. The van der Waals surface area contributed by atoms with Gasteiger partial charge in [0.15, 0.2) is 11.0 Å². The summed E-state index contributed by atoms with van der Waals surface area (Å²) in [5.41, 5.74) is 4.22. The number of nitrogens with zero attached hydrogens (tertiary/aromatic N) is 3. The molecule has 0 atom stereocenters. The molecule has 0 fully saturated rings. The van der Waals surface area contributed by atoms with E-state index in [1.165, 1.54) is 11.6 Å². The van der Waals surface area contributed by atoms with E-state index in [1.54, 1.807) is 24.9 Å². The summed E-state index contributed by atoms with van der Waals surface area (Å²) in [4.78, 5) is 12.4. The molecule has 0 aliphatic heterocycles. The van der Waals surface area contributed by atoms with Gasteiger partial charge in [0.1, 0.15) is 5.75 Å². The average Bonchev–Trinajstić information content (AvgIpc) is 3.29. The van der Waals surface area contributed by atoms with Gasteiger partial charge in [0.25, 0.3) is 0 Å². The van der Waals surface area contributed by atoms with Crippen molar-refractivity contribution < 1.29 is 9.53 Å². The Hall–Kier alpha value is -3.84. The minimum absolute atomic E-state index is 0.187. The van der Waals surface area contributed by atoms with E-state index in [-0.39, 0.29) is 12.5 Å². The first-order valence-electron chi connectivity index (χ1n) is 10.9. The summed E-state index contributed by atoms with van der Waals surface area (Å²) < 4.78 is 7.32. The van der Waals surface area contributed by atoms with E-state index in [0.29, 0.717) is 11.6 Å². The molecule has 4 aromatic rings. The minimum atomic E-state index is -0.187. The lowest BCUT2D eigenvalue weighted by Gasteiger charge is -2.11. The predicted octanol–water partition coefficient (Wildman–Crippen LogP) is 5.21. The van der Waals surface area contributed by atoms with Crippen molar-refractivity contribution in [3.8, 4) is 11.4 Å². The van der Waals surface area contributed by atoms with Crippen LogP contribution in [0, 0.1) is 6.92 Å². The lowest BCUT2D eigenvalue weighted by molar-refractivity contribution is -0.116. The molecule has 0 radical (unpaired) electrons. The maximum Gasteiger partial charge on any atom is 0.244 e. The monoisotopic (exact) mass is 470 g/mol. The van der Waals surface area contributed by atoms with Gasteiger partial charge < -0.3 is 10.1 Å². The molecule has 1 amide bonds. The molecule has 4 rings (SSSR count). The Balaban J connectivity index is 1.51. The van der Waals surface area contributed by atoms with Crippen molar-refractivity contribution in [3.63, 3.8) is 0 Å². The molecule has 0 bridgehead atoms. The molecule has 0 saturated heterocycles. The molecule has 3 aromatic carbocycles. The van der Waals surface area contributed by atoms with Gasteiger partial charge >= 0.3 is 0 Å². The second-order valence-electron chi connectivity index (χ2n) is 7.67. The van der Waals surface area contributed by atoms with E-state index in [1.807, 2.05) is 65.2 Å². The zero-order valence-electron chi connectivity index (χ0n) is 19.1. The topological polar surface area (TPSA) is 69.0 Å². The zero-order valence-corrected chi connectivity index (χ0v) is 20.0. The quantitative estimate of drug-likeness (QED) is 0.269. The highest BCUT2D eigenvalue weighted by atomic mass is 32.2. The molecule has 7 heteroatoms. The lowest BCUT2D eigenvalue weighted by Crippen LogP contribution is -2.22. The summed E-state index contributed by atoms with van der Waals surface area (Å²) >= 11 is 1.59. The molecule has 1 aromatic heterocycles. The van der Waals surface area contributed by atoms with Crippen LogP contribution in [0.3, 0.4) is 0 Å². The molecule has 0 saturated carbocycles. The second kappa shape index (κ2) is 11.3. The Morgan fingerprint density at radius 2 is 1.82 bits per heavy atom. The zero-order chi connectivity index (χ0) is 23.8. The van der Waals surface area contributed by atoms with Gasteiger partial charge in [-0.15, -0.1) is 10.2 Å². The third-order valence-electron chi connectivity index (χ3n) is 5.14. The van der Waals surface area contributed by atoms with Gasteiger partial charge in [0, 0.05) is 17.5 Å². The van der Waals surface area contributed by atoms with Gasteiger partial charge in [-0.05, 0) is 48.4 Å². The van der Waals surface area contributed by atoms with Crippen molar-refractivity contribution in [1.29, 1.82) is 0 Å². The fourth-order valence-corrected chi connectivity index (χ4v) is 4.25. The number of benzene rings is 3. The average molecular weight is 471 g/mol.